The molecular weight excluding hydrogens is 214 g/mol. The van der Waals surface area contributed by atoms with Gasteiger partial charge in [-0.2, -0.15) is 0 Å². The van der Waals surface area contributed by atoms with Crippen molar-refractivity contribution in [1.29, 1.82) is 0 Å². The highest BCUT2D eigenvalue weighted by Gasteiger charge is 2.30. The van der Waals surface area contributed by atoms with E-state index >= 15 is 0 Å². The molecule has 1 amide bonds. The molecule has 1 N–H and O–H groups in total. The normalized spacial score (nSPS) is 26.5. The van der Waals surface area contributed by atoms with Gasteiger partial charge in [-0.05, 0) is 0 Å². The van der Waals surface area contributed by atoms with Crippen molar-refractivity contribution in [2.45, 2.75) is 6.10 Å². The van der Waals surface area contributed by atoms with Gasteiger partial charge in [0.05, 0.1) is 33.0 Å². The van der Waals surface area contributed by atoms with Gasteiger partial charge in [0.1, 0.15) is 6.10 Å². The van der Waals surface area contributed by atoms with Crippen molar-refractivity contribution in [2.24, 2.45) is 5.92 Å². The van der Waals surface area contributed by atoms with E-state index in [1.54, 1.807) is 0 Å². The van der Waals surface area contributed by atoms with Gasteiger partial charge in [-0.3, -0.25) is 0 Å². The molecule has 2 saturated heterocycles. The minimum Gasteiger partial charge on any atom is -0.465 e. The van der Waals surface area contributed by atoms with Crippen LogP contribution in [-0.2, 0) is 14.2 Å². The van der Waals surface area contributed by atoms with Gasteiger partial charge in [-0.1, -0.05) is 0 Å². The van der Waals surface area contributed by atoms with Crippen LogP contribution in [0, 0.1) is 5.92 Å². The van der Waals surface area contributed by atoms with Gasteiger partial charge in [-0.15, -0.1) is 0 Å². The lowest BCUT2D eigenvalue weighted by atomic mass is 10.0. The fraction of sp³-hybridized carbons (Fsp3) is 0.900. The van der Waals surface area contributed by atoms with E-state index in [-0.39, 0.29) is 6.10 Å². The maximum atomic E-state index is 10.5. The summed E-state index contributed by atoms with van der Waals surface area (Å²) in [5.41, 5.74) is 0. The zero-order valence-corrected chi connectivity index (χ0v) is 9.13. The van der Waals surface area contributed by atoms with E-state index in [0.717, 1.165) is 0 Å². The Morgan fingerprint density at radius 3 is 2.81 bits per heavy atom. The molecule has 0 spiro atoms. The minimum atomic E-state index is -0.847. The monoisotopic (exact) mass is 231 g/mol. The number of carboxylic acid groups (broad SMARTS) is 1. The molecule has 0 aliphatic carbocycles. The predicted molar refractivity (Wildman–Crippen MR) is 54.5 cm³/mol. The lowest BCUT2D eigenvalue weighted by Gasteiger charge is -2.37. The van der Waals surface area contributed by atoms with Crippen LogP contribution in [0.5, 0.6) is 0 Å². The van der Waals surface area contributed by atoms with Crippen LogP contribution in [0.2, 0.25) is 0 Å². The summed E-state index contributed by atoms with van der Waals surface area (Å²) in [6.07, 6.45) is -0.815. The molecule has 2 aliphatic heterocycles. The average molecular weight is 231 g/mol. The van der Waals surface area contributed by atoms with Gasteiger partial charge < -0.3 is 24.2 Å². The van der Waals surface area contributed by atoms with Crippen molar-refractivity contribution in [3.8, 4) is 0 Å². The second kappa shape index (κ2) is 5.47. The van der Waals surface area contributed by atoms with Crippen molar-refractivity contribution in [3.63, 3.8) is 0 Å². The zero-order valence-electron chi connectivity index (χ0n) is 9.13. The summed E-state index contributed by atoms with van der Waals surface area (Å²) in [4.78, 5) is 11.9. The number of hydrogen-bond donors (Lipinski definition) is 1. The molecule has 2 rings (SSSR count). The number of hydrogen-bond acceptors (Lipinski definition) is 4. The van der Waals surface area contributed by atoms with Crippen molar-refractivity contribution in [1.82, 2.24) is 4.90 Å². The van der Waals surface area contributed by atoms with Crippen LogP contribution >= 0.6 is 0 Å². The maximum Gasteiger partial charge on any atom is 0.407 e. The Hall–Kier alpha value is -0.850. The van der Waals surface area contributed by atoms with E-state index in [1.807, 2.05) is 0 Å². The summed E-state index contributed by atoms with van der Waals surface area (Å²) in [7, 11) is 0. The molecule has 0 bridgehead atoms. The van der Waals surface area contributed by atoms with Gasteiger partial charge in [0.2, 0.25) is 0 Å². The van der Waals surface area contributed by atoms with Crippen LogP contribution in [0.25, 0.3) is 0 Å². The molecule has 0 unspecified atom stereocenters. The molecule has 1 atom stereocenters. The average Bonchev–Trinajstić information content (AvgIpc) is 2.22. The topological polar surface area (TPSA) is 68.2 Å². The van der Waals surface area contributed by atoms with Crippen molar-refractivity contribution < 1.29 is 24.1 Å². The van der Waals surface area contributed by atoms with Gasteiger partial charge in [0, 0.05) is 19.0 Å². The van der Waals surface area contributed by atoms with Crippen LogP contribution in [0.1, 0.15) is 0 Å². The molecule has 0 radical (unpaired) electrons. The third kappa shape index (κ3) is 3.07. The first-order chi connectivity index (χ1) is 7.75. The van der Waals surface area contributed by atoms with E-state index in [4.69, 9.17) is 19.3 Å². The fourth-order valence-electron chi connectivity index (χ4n) is 1.83. The summed E-state index contributed by atoms with van der Waals surface area (Å²) in [6, 6.07) is 0. The third-order valence-corrected chi connectivity index (χ3v) is 2.77. The second-order valence-electron chi connectivity index (χ2n) is 4.16. The Kier molecular flexibility index (Phi) is 3.98. The van der Waals surface area contributed by atoms with Crippen LogP contribution < -0.4 is 0 Å². The Morgan fingerprint density at radius 2 is 2.19 bits per heavy atom. The Morgan fingerprint density at radius 1 is 1.38 bits per heavy atom. The lowest BCUT2D eigenvalue weighted by molar-refractivity contribution is -0.120. The maximum absolute atomic E-state index is 10.5. The predicted octanol–water partition coefficient (Wildman–Crippen LogP) is 0.0282. The number of carbonyl (C=O) groups is 1. The first-order valence-electron chi connectivity index (χ1n) is 5.50. The minimum absolute atomic E-state index is 0.0319. The first-order valence-corrected chi connectivity index (χ1v) is 5.50. The van der Waals surface area contributed by atoms with Crippen LogP contribution in [-0.4, -0.2) is 68.3 Å². The van der Waals surface area contributed by atoms with E-state index in [1.165, 1.54) is 4.90 Å². The molecule has 0 saturated carbocycles. The molecule has 6 heteroatoms. The molecule has 0 aromatic carbocycles. The van der Waals surface area contributed by atoms with Crippen LogP contribution in [0.4, 0.5) is 4.79 Å². The smallest absolute Gasteiger partial charge is 0.407 e. The van der Waals surface area contributed by atoms with E-state index in [0.29, 0.717) is 52.0 Å². The highest BCUT2D eigenvalue weighted by atomic mass is 16.6. The van der Waals surface area contributed by atoms with Crippen molar-refractivity contribution >= 4 is 6.09 Å². The Balaban J connectivity index is 1.51. The second-order valence-corrected chi connectivity index (χ2v) is 4.16. The number of rotatable bonds is 4. The molecule has 2 heterocycles. The van der Waals surface area contributed by atoms with Gasteiger partial charge >= 0.3 is 6.09 Å². The summed E-state index contributed by atoms with van der Waals surface area (Å²) in [5.74, 6) is 0.334. The zero-order chi connectivity index (χ0) is 11.4. The molecule has 16 heavy (non-hydrogen) atoms. The molecule has 6 nitrogen and oxygen atoms in total. The van der Waals surface area contributed by atoms with Crippen molar-refractivity contribution in [2.75, 3.05) is 46.1 Å². The van der Waals surface area contributed by atoms with Crippen LogP contribution in [0.3, 0.4) is 0 Å². The molecular formula is C10H17NO5. The lowest BCUT2D eigenvalue weighted by Crippen LogP contribution is -2.51. The van der Waals surface area contributed by atoms with Crippen LogP contribution in [0.15, 0.2) is 0 Å². The summed E-state index contributed by atoms with van der Waals surface area (Å²) < 4.78 is 16.1. The molecule has 2 fully saturated rings. The molecule has 2 aliphatic rings. The summed E-state index contributed by atoms with van der Waals surface area (Å²) in [6.45, 7) is 4.17. The first kappa shape index (κ1) is 11.6. The fourth-order valence-corrected chi connectivity index (χ4v) is 1.83. The highest BCUT2D eigenvalue weighted by Crippen LogP contribution is 2.15. The largest absolute Gasteiger partial charge is 0.465 e. The summed E-state index contributed by atoms with van der Waals surface area (Å²) >= 11 is 0. The highest BCUT2D eigenvalue weighted by molar-refractivity contribution is 5.65. The Bertz CT molecular complexity index is 235. The standard InChI is InChI=1S/C10H17NO5/c12-10(13)11-3-8(4-11)5-15-7-9-6-14-1-2-16-9/h8-9H,1-7H2,(H,12,13)/t9-/m1/s1. The van der Waals surface area contributed by atoms with E-state index in [2.05, 4.69) is 0 Å². The quantitative estimate of drug-likeness (QED) is 0.739. The Labute approximate surface area is 94.1 Å². The van der Waals surface area contributed by atoms with Gasteiger partial charge in [0.25, 0.3) is 0 Å². The van der Waals surface area contributed by atoms with Gasteiger partial charge in [-0.25, -0.2) is 4.79 Å². The van der Waals surface area contributed by atoms with Crippen molar-refractivity contribution in [3.05, 3.63) is 0 Å². The third-order valence-electron chi connectivity index (χ3n) is 2.77. The van der Waals surface area contributed by atoms with Gasteiger partial charge in [0.15, 0.2) is 0 Å². The summed E-state index contributed by atoms with van der Waals surface area (Å²) in [5, 5.41) is 8.63. The van der Waals surface area contributed by atoms with E-state index < -0.39 is 6.09 Å². The molecule has 0 aromatic rings. The number of ether oxygens (including phenoxy) is 3. The number of likely N-dealkylation sites (tertiary alicyclic amines) is 1. The molecule has 0 aromatic heterocycles. The number of nitrogens with zero attached hydrogens (tertiary/aromatic N) is 1. The molecule has 92 valence electrons. The van der Waals surface area contributed by atoms with E-state index in [9.17, 15) is 4.79 Å². The SMILES string of the molecule is O=C(O)N1CC(COC[C@H]2COCCO2)C1. The number of amides is 1.